The van der Waals surface area contributed by atoms with Crippen molar-refractivity contribution in [3.8, 4) is 11.8 Å². The van der Waals surface area contributed by atoms with Crippen molar-refractivity contribution in [2.24, 2.45) is 0 Å². The molecular formula is C27H26F2N4O3. The maximum Gasteiger partial charge on any atom is 0.332 e. The molecule has 1 atom stereocenters. The van der Waals surface area contributed by atoms with Crippen LogP contribution in [0, 0.1) is 23.5 Å². The van der Waals surface area contributed by atoms with Gasteiger partial charge < -0.3 is 10.0 Å². The topological polar surface area (TPSA) is 78.7 Å². The van der Waals surface area contributed by atoms with Gasteiger partial charge in [0.1, 0.15) is 5.69 Å². The third kappa shape index (κ3) is 4.86. The largest absolute Gasteiger partial charge is 0.389 e. The van der Waals surface area contributed by atoms with Gasteiger partial charge in [0.2, 0.25) is 5.91 Å². The van der Waals surface area contributed by atoms with Gasteiger partial charge in [-0.1, -0.05) is 30.0 Å². The fraction of sp³-hybridized carbons (Fsp3) is 0.296. The Morgan fingerprint density at radius 2 is 1.69 bits per heavy atom. The van der Waals surface area contributed by atoms with Crippen molar-refractivity contribution in [2.45, 2.75) is 44.9 Å². The predicted octanol–water partition coefficient (Wildman–Crippen LogP) is 4.04. The Hall–Kier alpha value is -4.03. The molecule has 0 radical (unpaired) electrons. The fourth-order valence-electron chi connectivity index (χ4n) is 4.12. The van der Waals surface area contributed by atoms with Gasteiger partial charge in [-0.2, -0.15) is 5.10 Å². The lowest BCUT2D eigenvalue weighted by molar-refractivity contribution is -0.122. The number of benzene rings is 2. The van der Waals surface area contributed by atoms with Crippen molar-refractivity contribution in [3.05, 3.63) is 83.2 Å². The zero-order chi connectivity index (χ0) is 26.3. The van der Waals surface area contributed by atoms with Crippen molar-refractivity contribution in [3.63, 3.8) is 0 Å². The first-order valence-corrected chi connectivity index (χ1v) is 11.3. The highest BCUT2D eigenvalue weighted by Crippen LogP contribution is 2.39. The van der Waals surface area contributed by atoms with Gasteiger partial charge >= 0.3 is 6.03 Å². The highest BCUT2D eigenvalue weighted by Gasteiger charge is 2.48. The first-order valence-electron chi connectivity index (χ1n) is 11.3. The summed E-state index contributed by atoms with van der Waals surface area (Å²) in [5.41, 5.74) is -1.54. The normalized spacial score (nSPS) is 18.3. The molecule has 1 aromatic heterocycles. The maximum absolute atomic E-state index is 15.1. The van der Waals surface area contributed by atoms with Gasteiger partial charge in [-0.3, -0.25) is 9.48 Å². The molecule has 7 nitrogen and oxygen atoms in total. The zero-order valence-electron chi connectivity index (χ0n) is 20.4. The lowest BCUT2D eigenvalue weighted by atomic mass is 9.87. The van der Waals surface area contributed by atoms with Gasteiger partial charge in [0, 0.05) is 29.9 Å². The predicted molar refractivity (Wildman–Crippen MR) is 130 cm³/mol. The van der Waals surface area contributed by atoms with E-state index in [1.165, 1.54) is 22.8 Å². The molecule has 0 unspecified atom stereocenters. The summed E-state index contributed by atoms with van der Waals surface area (Å²) in [4.78, 5) is 28.2. The quantitative estimate of drug-likeness (QED) is 0.558. The van der Waals surface area contributed by atoms with Gasteiger partial charge in [-0.25, -0.2) is 18.5 Å². The fourth-order valence-corrected chi connectivity index (χ4v) is 4.12. The number of halogens is 2. The van der Waals surface area contributed by atoms with Gasteiger partial charge in [-0.05, 0) is 45.0 Å². The van der Waals surface area contributed by atoms with Crippen LogP contribution >= 0.6 is 0 Å². The lowest BCUT2D eigenvalue weighted by Crippen LogP contribution is -2.60. The van der Waals surface area contributed by atoms with Crippen LogP contribution in [0.3, 0.4) is 0 Å². The van der Waals surface area contributed by atoms with Crippen molar-refractivity contribution in [2.75, 3.05) is 11.9 Å². The zero-order valence-corrected chi connectivity index (χ0v) is 20.4. The Kier molecular flexibility index (Phi) is 6.41. The number of aliphatic hydroxyl groups is 1. The average molecular weight is 493 g/mol. The van der Waals surface area contributed by atoms with E-state index in [9.17, 15) is 14.7 Å². The van der Waals surface area contributed by atoms with Crippen LogP contribution in [0.25, 0.3) is 0 Å². The summed E-state index contributed by atoms with van der Waals surface area (Å²) in [5.74, 6) is 2.64. The summed E-state index contributed by atoms with van der Waals surface area (Å²) in [6.07, 6.45) is 2.93. The highest BCUT2D eigenvalue weighted by molar-refractivity contribution is 6.16. The number of anilines is 1. The van der Waals surface area contributed by atoms with Crippen molar-refractivity contribution in [1.29, 1.82) is 0 Å². The molecule has 1 N–H and O–H groups in total. The molecular weight excluding hydrogens is 466 g/mol. The van der Waals surface area contributed by atoms with E-state index in [1.807, 2.05) is 6.07 Å². The summed E-state index contributed by atoms with van der Waals surface area (Å²) in [7, 11) is 1.46. The first kappa shape index (κ1) is 25.1. The minimum atomic E-state index is -1.10. The summed E-state index contributed by atoms with van der Waals surface area (Å²) in [6.45, 7) is 5.15. The van der Waals surface area contributed by atoms with E-state index in [0.29, 0.717) is 16.0 Å². The second-order valence-electron chi connectivity index (χ2n) is 9.66. The van der Waals surface area contributed by atoms with E-state index in [1.54, 1.807) is 51.2 Å². The Balaban J connectivity index is 1.63. The molecule has 2 heterocycles. The van der Waals surface area contributed by atoms with Gasteiger partial charge in [-0.15, -0.1) is 0 Å². The van der Waals surface area contributed by atoms with Crippen LogP contribution in [0.4, 0.5) is 19.3 Å². The van der Waals surface area contributed by atoms with E-state index in [0.717, 1.165) is 12.1 Å². The van der Waals surface area contributed by atoms with Crippen LogP contribution in [0.15, 0.2) is 54.9 Å². The number of urea groups is 1. The molecule has 1 fully saturated rings. The van der Waals surface area contributed by atoms with Crippen molar-refractivity contribution < 1.29 is 23.5 Å². The monoisotopic (exact) mass is 492 g/mol. The third-order valence-corrected chi connectivity index (χ3v) is 6.13. The molecule has 186 valence electrons. The molecule has 0 spiro atoms. The molecule has 2 aromatic carbocycles. The Labute approximate surface area is 207 Å². The number of aromatic nitrogens is 2. The second kappa shape index (κ2) is 9.21. The van der Waals surface area contributed by atoms with E-state index in [-0.39, 0.29) is 18.5 Å². The SMILES string of the molecule is CN1C(=O)N(c2c(F)cc(C#Cc3ccccc3)cc2F)C(=O)C[C@@]1(C)c1cnn(CC(C)(C)O)c1. The van der Waals surface area contributed by atoms with Gasteiger partial charge in [0.05, 0.1) is 30.3 Å². The van der Waals surface area contributed by atoms with Crippen LogP contribution in [-0.2, 0) is 16.9 Å². The highest BCUT2D eigenvalue weighted by atomic mass is 19.1. The summed E-state index contributed by atoms with van der Waals surface area (Å²) in [6, 6.07) is 10.1. The van der Waals surface area contributed by atoms with Crippen LogP contribution in [0.1, 0.15) is 43.9 Å². The number of amides is 3. The molecule has 9 heteroatoms. The molecule has 0 aliphatic carbocycles. The molecule has 4 rings (SSSR count). The minimum absolute atomic E-state index is 0.0759. The number of rotatable bonds is 4. The van der Waals surface area contributed by atoms with Crippen molar-refractivity contribution in [1.82, 2.24) is 14.7 Å². The Morgan fingerprint density at radius 1 is 1.08 bits per heavy atom. The average Bonchev–Trinajstić information content (AvgIpc) is 3.26. The van der Waals surface area contributed by atoms with E-state index in [4.69, 9.17) is 0 Å². The number of hydrogen-bond donors (Lipinski definition) is 1. The smallest absolute Gasteiger partial charge is 0.332 e. The molecule has 1 saturated heterocycles. The molecule has 1 aliphatic rings. The van der Waals surface area contributed by atoms with Gasteiger partial charge in [0.15, 0.2) is 11.6 Å². The van der Waals surface area contributed by atoms with Crippen LogP contribution in [-0.4, -0.2) is 44.4 Å². The molecule has 36 heavy (non-hydrogen) atoms. The molecule has 0 saturated carbocycles. The summed E-state index contributed by atoms with van der Waals surface area (Å²) in [5, 5.41) is 14.3. The van der Waals surface area contributed by atoms with Gasteiger partial charge in [0.25, 0.3) is 0 Å². The summed E-state index contributed by atoms with van der Waals surface area (Å²) < 4.78 is 31.6. The minimum Gasteiger partial charge on any atom is -0.389 e. The number of nitrogens with zero attached hydrogens (tertiary/aromatic N) is 4. The molecule has 3 aromatic rings. The van der Waals surface area contributed by atoms with E-state index < -0.39 is 40.4 Å². The maximum atomic E-state index is 15.1. The van der Waals surface area contributed by atoms with Crippen LogP contribution in [0.5, 0.6) is 0 Å². The first-order chi connectivity index (χ1) is 16.9. The number of carbonyl (C=O) groups excluding carboxylic acids is 2. The molecule has 3 amide bonds. The van der Waals surface area contributed by atoms with E-state index in [2.05, 4.69) is 16.9 Å². The second-order valence-corrected chi connectivity index (χ2v) is 9.66. The van der Waals surface area contributed by atoms with Crippen LogP contribution in [0.2, 0.25) is 0 Å². The number of imide groups is 1. The standard InChI is InChI=1S/C27H26F2N4O3/c1-26(2,36)17-32-16-20(15-30-32)27(3)14-23(34)33(25(35)31(27)4)24-21(28)12-19(13-22(24)29)11-10-18-8-6-5-7-9-18/h5-9,12-13,15-16,36H,14,17H2,1-4H3/t27-/m0/s1. The number of carbonyl (C=O) groups is 2. The molecule has 1 aliphatic heterocycles. The molecule has 0 bridgehead atoms. The summed E-state index contributed by atoms with van der Waals surface area (Å²) >= 11 is 0. The van der Waals surface area contributed by atoms with E-state index >= 15 is 8.78 Å². The third-order valence-electron chi connectivity index (χ3n) is 6.13. The Bertz CT molecular complexity index is 1360. The van der Waals surface area contributed by atoms with Crippen LogP contribution < -0.4 is 4.90 Å². The Morgan fingerprint density at radius 3 is 2.31 bits per heavy atom. The van der Waals surface area contributed by atoms with Crippen molar-refractivity contribution >= 4 is 17.6 Å². The lowest BCUT2D eigenvalue weighted by Gasteiger charge is -2.45. The number of hydrogen-bond acceptors (Lipinski definition) is 4.